The van der Waals surface area contributed by atoms with Gasteiger partial charge < -0.3 is 60.0 Å². The number of pyridine rings is 2. The van der Waals surface area contributed by atoms with Crippen LogP contribution >= 0.6 is 0 Å². The highest BCUT2D eigenvalue weighted by atomic mass is 16.5. The van der Waals surface area contributed by atoms with Crippen LogP contribution in [0.15, 0.2) is 119 Å². The topological polar surface area (TPSA) is 279 Å². The number of aliphatic hydroxyl groups is 2. The van der Waals surface area contributed by atoms with E-state index in [1.807, 2.05) is 119 Å². The minimum absolute atomic E-state index is 0.0223. The first-order chi connectivity index (χ1) is 39.3. The summed E-state index contributed by atoms with van der Waals surface area (Å²) >= 11 is 0. The standard InChI is InChI=1S/C20H26N2O3.C13H18O3.C12H14O3.C10H12O3.C8H12N2O.C3H8O/c1-12(2)25-15(5)16-6-8-17(9-7-16)19(23)21-11-18-13(3)10-14(4)22-20(18)24;1-9(2)16-10(3)11-5-7-12(8-6-11)13(14)15-4;1-8(2)15-9(3)10-4-6-11(7-5-10)12(13)14;1-7(11)8-3-5-9(6-4-8)10(12)13-2;1-5-3-6(2)10-8(11)7(5)4-9;1-3(2)4/h6-10,12,15H,11H2,1-5H3,(H,21,23)(H,22,24);5-10H,1-4H3;4-9H,1H2,2-3H3;3-7,11H,1-2H3;3H,4,9H2,1-2H3,(H,10,11);3-4H,1-2H3/p+1. The number of esters is 2. The number of hydrogen-bond acceptors (Lipinski definition) is 14. The van der Waals surface area contributed by atoms with Crippen LogP contribution in [0.4, 0.5) is 0 Å². The maximum absolute atomic E-state index is 12.3. The van der Waals surface area contributed by atoms with Crippen LogP contribution in [-0.2, 0) is 36.8 Å². The summed E-state index contributed by atoms with van der Waals surface area (Å²) in [6.07, 6.45) is -0.479. The number of ether oxygens (including phenoxy) is 5. The zero-order valence-corrected chi connectivity index (χ0v) is 52.0. The van der Waals surface area contributed by atoms with E-state index in [9.17, 15) is 33.9 Å². The second kappa shape index (κ2) is 38.2. The van der Waals surface area contributed by atoms with Gasteiger partial charge in [0.1, 0.15) is 0 Å². The third kappa shape index (κ3) is 28.0. The predicted molar refractivity (Wildman–Crippen MR) is 329 cm³/mol. The molecule has 84 heavy (non-hydrogen) atoms. The van der Waals surface area contributed by atoms with Crippen molar-refractivity contribution in [3.8, 4) is 0 Å². The molecule has 5 atom stereocenters. The van der Waals surface area contributed by atoms with Gasteiger partial charge in [0.05, 0.1) is 74.5 Å². The molecule has 0 aliphatic rings. The van der Waals surface area contributed by atoms with Gasteiger partial charge in [0.2, 0.25) is 0 Å². The van der Waals surface area contributed by atoms with Crippen LogP contribution < -0.4 is 22.2 Å². The van der Waals surface area contributed by atoms with Crippen LogP contribution in [0.5, 0.6) is 0 Å². The predicted octanol–water partition coefficient (Wildman–Crippen LogP) is 11.4. The molecule has 8 N–H and O–H groups in total. The molecule has 0 saturated heterocycles. The van der Waals surface area contributed by atoms with Crippen LogP contribution in [0.3, 0.4) is 0 Å². The Morgan fingerprint density at radius 1 is 0.524 bits per heavy atom. The molecule has 0 bridgehead atoms. The average molecular weight is 1160 g/mol. The highest BCUT2D eigenvalue weighted by Crippen LogP contribution is 2.22. The molecule has 0 saturated carbocycles. The summed E-state index contributed by atoms with van der Waals surface area (Å²) < 4.78 is 26.0. The normalized spacial score (nSPS) is 12.3. The number of nitrogens with two attached hydrogens (primary N) is 1. The van der Waals surface area contributed by atoms with Gasteiger partial charge in [-0.15, -0.1) is 0 Å². The number of carboxylic acid groups (broad SMARTS) is 1. The molecule has 2 aromatic heterocycles. The van der Waals surface area contributed by atoms with Gasteiger partial charge in [-0.2, -0.15) is 0 Å². The summed E-state index contributed by atoms with van der Waals surface area (Å²) in [5.74, 6) is -1.80. The van der Waals surface area contributed by atoms with Crippen molar-refractivity contribution in [1.29, 1.82) is 0 Å². The Morgan fingerprint density at radius 2 is 0.845 bits per heavy atom. The maximum atomic E-state index is 12.3. The van der Waals surface area contributed by atoms with Crippen LogP contribution in [-0.4, -0.2) is 87.7 Å². The molecule has 5 unspecified atom stereocenters. The summed E-state index contributed by atoms with van der Waals surface area (Å²) in [7, 11) is 2.71. The minimum Gasteiger partial charge on any atom is -0.478 e. The van der Waals surface area contributed by atoms with E-state index >= 15 is 0 Å². The van der Waals surface area contributed by atoms with Crippen molar-refractivity contribution in [2.24, 2.45) is 5.73 Å². The zero-order chi connectivity index (χ0) is 64.0. The zero-order valence-electron chi connectivity index (χ0n) is 52.0. The van der Waals surface area contributed by atoms with Crippen LogP contribution in [0.2, 0.25) is 0 Å². The van der Waals surface area contributed by atoms with E-state index in [-0.39, 0.29) is 83.8 Å². The first-order valence-electron chi connectivity index (χ1n) is 27.7. The largest absolute Gasteiger partial charge is 0.478 e. The SMILES string of the molecule is CC(C)O.COC(=O)c1ccc(C(C)O)cc1.COC(=O)c1ccc(C(C)OC(C)C)cc1.Cc1cc(C)c(CN)c(=O)[nH]1.Cc1cc(C)c(CNC(=O)c2ccc(C(C)OC(C)C)cc2)c(=O)[nH]1.[CH2+]C(C)OC(C)c1ccc(C(=O)O)cc1. The second-order valence-corrected chi connectivity index (χ2v) is 20.6. The van der Waals surface area contributed by atoms with Crippen LogP contribution in [0, 0.1) is 34.6 Å². The number of hydrogen-bond donors (Lipinski definition) is 7. The van der Waals surface area contributed by atoms with Gasteiger partial charge >= 0.3 is 17.9 Å². The molecular weight excluding hydrogens is 1070 g/mol. The molecule has 6 rings (SSSR count). The summed E-state index contributed by atoms with van der Waals surface area (Å²) in [4.78, 5) is 73.8. The summed E-state index contributed by atoms with van der Waals surface area (Å²) in [5, 5.41) is 28.8. The lowest BCUT2D eigenvalue weighted by molar-refractivity contribution is 0.0176. The molecule has 0 spiro atoms. The van der Waals surface area contributed by atoms with E-state index in [2.05, 4.69) is 31.7 Å². The Hall–Kier alpha value is -7.71. The number of aromatic carboxylic acids is 1. The van der Waals surface area contributed by atoms with E-state index in [4.69, 9.17) is 30.2 Å². The van der Waals surface area contributed by atoms with Gasteiger partial charge in [-0.25, -0.2) is 14.4 Å². The third-order valence-electron chi connectivity index (χ3n) is 11.9. The van der Waals surface area contributed by atoms with Crippen molar-refractivity contribution in [3.63, 3.8) is 0 Å². The van der Waals surface area contributed by atoms with E-state index in [0.717, 1.165) is 44.8 Å². The number of amides is 1. The lowest BCUT2D eigenvalue weighted by Crippen LogP contribution is -2.27. The Bertz CT molecular complexity index is 3040. The number of nitrogens with one attached hydrogen (secondary N) is 3. The van der Waals surface area contributed by atoms with E-state index < -0.39 is 12.1 Å². The molecule has 1 amide bonds. The Balaban J connectivity index is 0.000000531. The molecule has 0 radical (unpaired) electrons. The number of benzene rings is 4. The van der Waals surface area contributed by atoms with Crippen molar-refractivity contribution < 1.29 is 58.2 Å². The van der Waals surface area contributed by atoms with Gasteiger partial charge in [-0.1, -0.05) is 48.5 Å². The fourth-order valence-corrected chi connectivity index (χ4v) is 7.73. The number of rotatable bonds is 17. The highest BCUT2D eigenvalue weighted by molar-refractivity contribution is 5.94. The number of H-pyrrole nitrogens is 2. The van der Waals surface area contributed by atoms with E-state index in [1.54, 1.807) is 93.6 Å². The number of aliphatic hydroxyl groups excluding tert-OH is 2. The lowest BCUT2D eigenvalue weighted by atomic mass is 10.1. The first-order valence-corrected chi connectivity index (χ1v) is 27.7. The van der Waals surface area contributed by atoms with Gasteiger partial charge in [0.25, 0.3) is 17.0 Å². The highest BCUT2D eigenvalue weighted by Gasteiger charge is 2.15. The second-order valence-electron chi connectivity index (χ2n) is 20.6. The molecule has 4 aromatic carbocycles. The smallest absolute Gasteiger partial charge is 0.337 e. The van der Waals surface area contributed by atoms with E-state index in [1.165, 1.54) is 14.2 Å². The number of carboxylic acids is 1. The van der Waals surface area contributed by atoms with Crippen molar-refractivity contribution in [2.45, 2.75) is 166 Å². The number of carbonyl (C=O) groups excluding carboxylic acids is 3. The number of carbonyl (C=O) groups is 4. The Labute approximate surface area is 496 Å². The quantitative estimate of drug-likeness (QED) is 0.0330. The summed E-state index contributed by atoms with van der Waals surface area (Å²) in [6, 6.07) is 31.8. The van der Waals surface area contributed by atoms with Crippen LogP contribution in [0.1, 0.15) is 198 Å². The monoisotopic (exact) mass is 1160 g/mol. The number of aryl methyl sites for hydroxylation is 4. The van der Waals surface area contributed by atoms with Crippen molar-refractivity contribution in [1.82, 2.24) is 15.3 Å². The molecule has 0 aliphatic heterocycles. The molecule has 0 fully saturated rings. The van der Waals surface area contributed by atoms with Crippen molar-refractivity contribution in [3.05, 3.63) is 215 Å². The number of methoxy groups -OCH3 is 2. The van der Waals surface area contributed by atoms with E-state index in [0.29, 0.717) is 34.4 Å². The summed E-state index contributed by atoms with van der Waals surface area (Å²) in [6.45, 7) is 32.6. The first kappa shape index (κ1) is 74.3. The van der Waals surface area contributed by atoms with Crippen molar-refractivity contribution >= 4 is 23.8 Å². The molecule has 18 heteroatoms. The Kier molecular flexibility index (Phi) is 33.8. The van der Waals surface area contributed by atoms with Gasteiger partial charge in [-0.3, -0.25) is 14.4 Å². The van der Waals surface area contributed by atoms with Gasteiger partial charge in [-0.05, 0) is 191 Å². The fraction of sp³-hybridized carbons (Fsp3) is 0.409. The van der Waals surface area contributed by atoms with Gasteiger partial charge in [0.15, 0.2) is 6.10 Å². The van der Waals surface area contributed by atoms with Crippen LogP contribution in [0.25, 0.3) is 0 Å². The Morgan fingerprint density at radius 3 is 1.14 bits per heavy atom. The van der Waals surface area contributed by atoms with Crippen molar-refractivity contribution in [2.75, 3.05) is 14.2 Å². The molecular formula is C66H91N4O14+. The minimum atomic E-state index is -0.916. The lowest BCUT2D eigenvalue weighted by Gasteiger charge is -2.16. The number of aromatic nitrogens is 2. The maximum Gasteiger partial charge on any atom is 0.337 e. The number of aromatic amines is 2. The summed E-state index contributed by atoms with van der Waals surface area (Å²) in [5.41, 5.74) is 15.7. The average Bonchev–Trinajstić information content (AvgIpc) is 3.59. The molecule has 458 valence electrons. The van der Waals surface area contributed by atoms with Gasteiger partial charge in [0, 0.05) is 54.2 Å². The molecule has 18 nitrogen and oxygen atoms in total. The molecule has 2 heterocycles. The molecule has 0 aliphatic carbocycles. The molecule has 6 aromatic rings. The fourth-order valence-electron chi connectivity index (χ4n) is 7.73. The third-order valence-corrected chi connectivity index (χ3v) is 11.9.